The molecule has 0 saturated carbocycles. The molecule has 0 heterocycles. The zero-order valence-corrected chi connectivity index (χ0v) is 12.7. The molecule has 0 spiro atoms. The third-order valence-corrected chi connectivity index (χ3v) is 4.56. The van der Waals surface area contributed by atoms with E-state index in [9.17, 15) is 22.0 Å². The van der Waals surface area contributed by atoms with Gasteiger partial charge in [-0.1, -0.05) is 13.8 Å². The molecule has 8 heteroatoms. The second-order valence-electron chi connectivity index (χ2n) is 5.07. The maximum absolute atomic E-state index is 13.6. The average Bonchev–Trinajstić information content (AvgIpc) is 2.32. The summed E-state index contributed by atoms with van der Waals surface area (Å²) in [6.45, 7) is 4.21. The second kappa shape index (κ2) is 6.48. The Morgan fingerprint density at radius 2 is 1.86 bits per heavy atom. The van der Waals surface area contributed by atoms with E-state index in [4.69, 9.17) is 5.11 Å². The topological polar surface area (TPSA) is 83.5 Å². The molecule has 1 unspecified atom stereocenters. The van der Waals surface area contributed by atoms with Crippen LogP contribution in [0.5, 0.6) is 0 Å². The highest BCUT2D eigenvalue weighted by atomic mass is 32.2. The van der Waals surface area contributed by atoms with Crippen LogP contribution < -0.4 is 4.72 Å². The number of carbonyl (C=O) groups is 1. The normalized spacial score (nSPS) is 13.4. The largest absolute Gasteiger partial charge is 0.481 e. The lowest BCUT2D eigenvalue weighted by Crippen LogP contribution is -2.35. The summed E-state index contributed by atoms with van der Waals surface area (Å²) in [5.74, 6) is -4.46. The quantitative estimate of drug-likeness (QED) is 0.838. The lowest BCUT2D eigenvalue weighted by atomic mass is 9.97. The van der Waals surface area contributed by atoms with Gasteiger partial charge in [-0.3, -0.25) is 4.79 Å². The Labute approximate surface area is 122 Å². The number of nitrogens with one attached hydrogen (secondary N) is 1. The number of sulfonamides is 1. The van der Waals surface area contributed by atoms with Gasteiger partial charge >= 0.3 is 5.97 Å². The zero-order chi connectivity index (χ0) is 16.4. The first-order valence-corrected chi connectivity index (χ1v) is 7.72. The van der Waals surface area contributed by atoms with Gasteiger partial charge in [0.15, 0.2) is 0 Å². The summed E-state index contributed by atoms with van der Waals surface area (Å²) >= 11 is 0. The van der Waals surface area contributed by atoms with Crippen molar-refractivity contribution in [1.82, 2.24) is 4.72 Å². The van der Waals surface area contributed by atoms with Crippen LogP contribution in [-0.2, 0) is 14.8 Å². The van der Waals surface area contributed by atoms with Crippen molar-refractivity contribution in [1.29, 1.82) is 0 Å². The van der Waals surface area contributed by atoms with Crippen molar-refractivity contribution in [3.8, 4) is 0 Å². The predicted molar refractivity (Wildman–Crippen MR) is 72.2 cm³/mol. The van der Waals surface area contributed by atoms with Gasteiger partial charge < -0.3 is 5.11 Å². The molecule has 0 fully saturated rings. The van der Waals surface area contributed by atoms with Crippen molar-refractivity contribution in [3.05, 3.63) is 29.3 Å². The number of rotatable bonds is 6. The zero-order valence-electron chi connectivity index (χ0n) is 11.9. The van der Waals surface area contributed by atoms with Gasteiger partial charge in [-0.2, -0.15) is 0 Å². The summed E-state index contributed by atoms with van der Waals surface area (Å²) in [7, 11) is -4.25. The van der Waals surface area contributed by atoms with Crippen molar-refractivity contribution >= 4 is 16.0 Å². The Bertz CT molecular complexity index is 644. The molecule has 1 aromatic rings. The second-order valence-corrected chi connectivity index (χ2v) is 6.81. The van der Waals surface area contributed by atoms with Gasteiger partial charge in [0.25, 0.3) is 0 Å². The lowest BCUT2D eigenvalue weighted by Gasteiger charge is -2.17. The van der Waals surface area contributed by atoms with E-state index in [-0.39, 0.29) is 18.0 Å². The Hall–Kier alpha value is -1.54. The van der Waals surface area contributed by atoms with Crippen molar-refractivity contribution in [2.24, 2.45) is 11.8 Å². The number of hydrogen-bond acceptors (Lipinski definition) is 3. The molecule has 0 radical (unpaired) electrons. The average molecular weight is 321 g/mol. The molecule has 1 aromatic carbocycles. The maximum atomic E-state index is 13.6. The van der Waals surface area contributed by atoms with Crippen LogP contribution >= 0.6 is 0 Å². The molecular weight excluding hydrogens is 304 g/mol. The van der Waals surface area contributed by atoms with E-state index in [0.29, 0.717) is 6.07 Å². The van der Waals surface area contributed by atoms with E-state index < -0.39 is 38.4 Å². The van der Waals surface area contributed by atoms with Crippen molar-refractivity contribution < 1.29 is 27.1 Å². The summed E-state index contributed by atoms with van der Waals surface area (Å²) in [4.78, 5) is 10.3. The van der Waals surface area contributed by atoms with Gasteiger partial charge in [0, 0.05) is 12.6 Å². The molecule has 0 bridgehead atoms. The van der Waals surface area contributed by atoms with Gasteiger partial charge in [-0.25, -0.2) is 21.9 Å². The standard InChI is InChI=1S/C13H17F2NO4S/c1-7(2)9(13(17)18)6-16-21(19,20)12-4-8(3)10(14)5-11(12)15/h4-5,7,9,16H,6H2,1-3H3,(H,17,18). The van der Waals surface area contributed by atoms with E-state index >= 15 is 0 Å². The molecule has 0 aliphatic rings. The minimum atomic E-state index is -4.25. The Morgan fingerprint density at radius 3 is 2.33 bits per heavy atom. The van der Waals surface area contributed by atoms with E-state index in [1.807, 2.05) is 0 Å². The highest BCUT2D eigenvalue weighted by Crippen LogP contribution is 2.19. The minimum Gasteiger partial charge on any atom is -0.481 e. The van der Waals surface area contributed by atoms with Crippen LogP contribution in [0.15, 0.2) is 17.0 Å². The fraction of sp³-hybridized carbons (Fsp3) is 0.462. The number of carboxylic acid groups (broad SMARTS) is 1. The highest BCUT2D eigenvalue weighted by Gasteiger charge is 2.26. The van der Waals surface area contributed by atoms with Gasteiger partial charge in [0.2, 0.25) is 10.0 Å². The fourth-order valence-corrected chi connectivity index (χ4v) is 2.92. The summed E-state index contributed by atoms with van der Waals surface area (Å²) in [5, 5.41) is 8.99. The number of carboxylic acids is 1. The van der Waals surface area contributed by atoms with Crippen LogP contribution in [0.4, 0.5) is 8.78 Å². The number of hydrogen-bond donors (Lipinski definition) is 2. The van der Waals surface area contributed by atoms with Crippen LogP contribution in [0.25, 0.3) is 0 Å². The molecule has 1 rings (SSSR count). The van der Waals surface area contributed by atoms with E-state index in [1.54, 1.807) is 13.8 Å². The summed E-state index contributed by atoms with van der Waals surface area (Å²) in [6, 6.07) is 1.36. The molecule has 2 N–H and O–H groups in total. The Morgan fingerprint density at radius 1 is 1.29 bits per heavy atom. The molecule has 0 saturated heterocycles. The summed E-state index contributed by atoms with van der Waals surface area (Å²) in [5.41, 5.74) is -0.0181. The Balaban J connectivity index is 3.02. The first-order chi connectivity index (χ1) is 9.56. The Kier molecular flexibility index (Phi) is 5.41. The molecule has 5 nitrogen and oxygen atoms in total. The molecule has 21 heavy (non-hydrogen) atoms. The molecule has 0 aromatic heterocycles. The van der Waals surface area contributed by atoms with Crippen LogP contribution in [-0.4, -0.2) is 26.0 Å². The van der Waals surface area contributed by atoms with Crippen LogP contribution in [0, 0.1) is 30.4 Å². The molecule has 1 atom stereocenters. The van der Waals surface area contributed by atoms with E-state index in [1.165, 1.54) is 6.92 Å². The fourth-order valence-electron chi connectivity index (χ4n) is 1.72. The van der Waals surface area contributed by atoms with Crippen molar-refractivity contribution in [3.63, 3.8) is 0 Å². The number of benzene rings is 1. The van der Waals surface area contributed by atoms with Crippen molar-refractivity contribution in [2.75, 3.05) is 6.54 Å². The highest BCUT2D eigenvalue weighted by molar-refractivity contribution is 7.89. The third kappa shape index (κ3) is 4.21. The summed E-state index contributed by atoms with van der Waals surface area (Å²) in [6.07, 6.45) is 0. The summed E-state index contributed by atoms with van der Waals surface area (Å²) < 4.78 is 52.8. The third-order valence-electron chi connectivity index (χ3n) is 3.12. The van der Waals surface area contributed by atoms with Crippen LogP contribution in [0.2, 0.25) is 0 Å². The van der Waals surface area contributed by atoms with Crippen molar-refractivity contribution in [2.45, 2.75) is 25.7 Å². The smallest absolute Gasteiger partial charge is 0.308 e. The molecular formula is C13H17F2NO4S. The van der Waals surface area contributed by atoms with E-state index in [0.717, 1.165) is 6.07 Å². The van der Waals surface area contributed by atoms with Crippen LogP contribution in [0.1, 0.15) is 19.4 Å². The molecule has 0 aliphatic heterocycles. The predicted octanol–water partition coefficient (Wildman–Crippen LogP) is 1.91. The van der Waals surface area contributed by atoms with Gasteiger partial charge in [-0.15, -0.1) is 0 Å². The first kappa shape index (κ1) is 17.5. The number of aliphatic carboxylic acids is 1. The molecule has 118 valence electrons. The van der Waals surface area contributed by atoms with Gasteiger partial charge in [0.05, 0.1) is 5.92 Å². The SMILES string of the molecule is Cc1cc(S(=O)(=O)NCC(C(=O)O)C(C)C)c(F)cc1F. The maximum Gasteiger partial charge on any atom is 0.308 e. The van der Waals surface area contributed by atoms with Gasteiger partial charge in [-0.05, 0) is 24.5 Å². The molecule has 0 amide bonds. The lowest BCUT2D eigenvalue weighted by molar-refractivity contribution is -0.142. The first-order valence-electron chi connectivity index (χ1n) is 6.24. The van der Waals surface area contributed by atoms with Crippen LogP contribution in [0.3, 0.4) is 0 Å². The van der Waals surface area contributed by atoms with E-state index in [2.05, 4.69) is 4.72 Å². The minimum absolute atomic E-state index is 0.0181. The molecule has 0 aliphatic carbocycles. The monoisotopic (exact) mass is 321 g/mol. The number of halogens is 2. The number of aryl methyl sites for hydroxylation is 1. The van der Waals surface area contributed by atoms with Gasteiger partial charge in [0.1, 0.15) is 16.5 Å².